The van der Waals surface area contributed by atoms with E-state index in [-0.39, 0.29) is 16.6 Å². The van der Waals surface area contributed by atoms with Gasteiger partial charge in [-0.2, -0.15) is 17.4 Å². The normalized spacial score (nSPS) is 22.9. The molecule has 2 N–H and O–H groups in total. The van der Waals surface area contributed by atoms with Gasteiger partial charge in [0.15, 0.2) is 11.6 Å². The highest BCUT2D eigenvalue weighted by Gasteiger charge is 2.41. The lowest BCUT2D eigenvalue weighted by Gasteiger charge is -2.35. The molecule has 2 aromatic rings. The van der Waals surface area contributed by atoms with Crippen molar-refractivity contribution in [2.24, 2.45) is 0 Å². The number of carbonyl (C=O) groups is 1. The summed E-state index contributed by atoms with van der Waals surface area (Å²) < 4.78 is 54.8. The van der Waals surface area contributed by atoms with Gasteiger partial charge in [-0.1, -0.05) is 6.07 Å². The summed E-state index contributed by atoms with van der Waals surface area (Å²) in [5, 5.41) is 4.26. The number of nitrogens with one attached hydrogen (secondary N) is 2. The van der Waals surface area contributed by atoms with Crippen molar-refractivity contribution in [2.75, 3.05) is 12.4 Å². The maximum absolute atomic E-state index is 13.5. The minimum Gasteiger partial charge on any atom is -0.325 e. The molecule has 1 aliphatic rings. The predicted molar refractivity (Wildman–Crippen MR) is 98.0 cm³/mol. The van der Waals surface area contributed by atoms with Crippen molar-refractivity contribution in [2.45, 2.75) is 18.5 Å². The molecule has 0 aliphatic carbocycles. The Morgan fingerprint density at radius 2 is 2.15 bits per heavy atom. The second-order valence-corrected chi connectivity index (χ2v) is 9.30. The molecule has 0 spiro atoms. The van der Waals surface area contributed by atoms with Gasteiger partial charge < -0.3 is 5.32 Å². The third kappa shape index (κ3) is 3.81. The van der Waals surface area contributed by atoms with Crippen LogP contribution < -0.4 is 10.0 Å². The standard InChI is InChI=1S/C15H14BrF2N3O3S2/c1-21-12(7-11(20-26(21,23)24)13-3-2-4-25-13)15(22)19-8-5-9(16)14(18)10(17)6-8/h2-6,11-12,20H,7H2,1H3,(H,19,22)/t11-,12+/m0/s1. The van der Waals surface area contributed by atoms with E-state index in [1.54, 1.807) is 12.1 Å². The molecule has 2 atom stereocenters. The molecule has 6 nitrogen and oxygen atoms in total. The fourth-order valence-corrected chi connectivity index (χ4v) is 5.21. The maximum atomic E-state index is 13.5. The number of amides is 1. The number of rotatable bonds is 3. The number of carbonyl (C=O) groups excluding carboxylic acids is 1. The van der Waals surface area contributed by atoms with Crippen molar-refractivity contribution >= 4 is 49.1 Å². The van der Waals surface area contributed by atoms with E-state index in [1.165, 1.54) is 24.5 Å². The van der Waals surface area contributed by atoms with Crippen LogP contribution in [0.4, 0.5) is 14.5 Å². The highest BCUT2D eigenvalue weighted by atomic mass is 79.9. The first-order valence-corrected chi connectivity index (χ1v) is 10.5. The van der Waals surface area contributed by atoms with E-state index < -0.39 is 39.8 Å². The molecular weight excluding hydrogens is 452 g/mol. The lowest BCUT2D eigenvalue weighted by atomic mass is 10.1. The van der Waals surface area contributed by atoms with Gasteiger partial charge in [-0.05, 0) is 39.9 Å². The molecule has 1 aromatic carbocycles. The van der Waals surface area contributed by atoms with Crippen LogP contribution in [0.3, 0.4) is 0 Å². The van der Waals surface area contributed by atoms with Crippen LogP contribution in [0, 0.1) is 11.6 Å². The largest absolute Gasteiger partial charge is 0.325 e. The first-order chi connectivity index (χ1) is 12.2. The van der Waals surface area contributed by atoms with Gasteiger partial charge in [-0.3, -0.25) is 4.79 Å². The Morgan fingerprint density at radius 1 is 1.42 bits per heavy atom. The molecule has 140 valence electrons. The van der Waals surface area contributed by atoms with Crippen LogP contribution in [0.5, 0.6) is 0 Å². The van der Waals surface area contributed by atoms with Gasteiger partial charge in [0.1, 0.15) is 6.04 Å². The van der Waals surface area contributed by atoms with Crippen LogP contribution >= 0.6 is 27.3 Å². The molecule has 1 aliphatic heterocycles. The maximum Gasteiger partial charge on any atom is 0.280 e. The lowest BCUT2D eigenvalue weighted by molar-refractivity contribution is -0.120. The summed E-state index contributed by atoms with van der Waals surface area (Å²) in [6.07, 6.45) is 0.201. The number of thiophene rings is 1. The summed E-state index contributed by atoms with van der Waals surface area (Å²) in [4.78, 5) is 13.4. The SMILES string of the molecule is CN1[C@@H](C(=O)Nc2cc(F)c(F)c(Br)c2)C[C@@H](c2cccs2)NS1(=O)=O. The molecular formula is C15H14BrF2N3O3S2. The summed E-state index contributed by atoms with van der Waals surface area (Å²) in [7, 11) is -2.57. The fourth-order valence-electron chi connectivity index (χ4n) is 2.64. The monoisotopic (exact) mass is 465 g/mol. The lowest BCUT2D eigenvalue weighted by Crippen LogP contribution is -2.55. The summed E-state index contributed by atoms with van der Waals surface area (Å²) in [6.45, 7) is 0. The first kappa shape index (κ1) is 19.4. The van der Waals surface area contributed by atoms with Crippen LogP contribution in [-0.4, -0.2) is 31.7 Å². The molecule has 1 aromatic heterocycles. The highest BCUT2D eigenvalue weighted by Crippen LogP contribution is 2.31. The molecule has 1 saturated heterocycles. The average molecular weight is 466 g/mol. The second-order valence-electron chi connectivity index (χ2n) is 5.70. The Balaban J connectivity index is 1.85. The highest BCUT2D eigenvalue weighted by molar-refractivity contribution is 9.10. The van der Waals surface area contributed by atoms with Crippen molar-refractivity contribution in [3.63, 3.8) is 0 Å². The molecule has 0 bridgehead atoms. The van der Waals surface area contributed by atoms with Gasteiger partial charge >= 0.3 is 0 Å². The Kier molecular flexibility index (Phi) is 5.45. The van der Waals surface area contributed by atoms with Crippen LogP contribution in [-0.2, 0) is 15.0 Å². The van der Waals surface area contributed by atoms with Gasteiger partial charge in [-0.15, -0.1) is 11.3 Å². The van der Waals surface area contributed by atoms with Crippen molar-refractivity contribution in [1.82, 2.24) is 9.03 Å². The van der Waals surface area contributed by atoms with E-state index in [9.17, 15) is 22.0 Å². The van der Waals surface area contributed by atoms with Crippen LogP contribution in [0.1, 0.15) is 17.3 Å². The number of anilines is 1. The van der Waals surface area contributed by atoms with E-state index in [0.29, 0.717) is 0 Å². The number of benzene rings is 1. The minimum atomic E-state index is -3.86. The molecule has 0 unspecified atom stereocenters. The van der Waals surface area contributed by atoms with E-state index >= 15 is 0 Å². The number of nitrogens with zero attached hydrogens (tertiary/aromatic N) is 1. The summed E-state index contributed by atoms with van der Waals surface area (Å²) >= 11 is 4.25. The minimum absolute atomic E-state index is 0.0257. The number of hydrogen-bond donors (Lipinski definition) is 2. The van der Waals surface area contributed by atoms with E-state index in [0.717, 1.165) is 15.2 Å². The zero-order valence-corrected chi connectivity index (χ0v) is 16.6. The third-order valence-corrected chi connectivity index (χ3v) is 7.17. The number of hydrogen-bond acceptors (Lipinski definition) is 4. The Labute approximate surface area is 161 Å². The molecule has 1 amide bonds. The Hall–Kier alpha value is -1.40. The van der Waals surface area contributed by atoms with Crippen molar-refractivity contribution < 1.29 is 22.0 Å². The van der Waals surface area contributed by atoms with Gasteiger partial charge in [0.05, 0.1) is 10.5 Å². The first-order valence-electron chi connectivity index (χ1n) is 7.43. The molecule has 3 rings (SSSR count). The van der Waals surface area contributed by atoms with E-state index in [1.807, 2.05) is 5.38 Å². The molecule has 1 fully saturated rings. The van der Waals surface area contributed by atoms with Crippen molar-refractivity contribution in [3.05, 3.63) is 50.6 Å². The van der Waals surface area contributed by atoms with Gasteiger partial charge in [0.25, 0.3) is 10.2 Å². The number of likely N-dealkylation sites (N-methyl/N-ethyl adjacent to an activating group) is 1. The zero-order valence-electron chi connectivity index (χ0n) is 13.4. The molecule has 2 heterocycles. The molecule has 11 heteroatoms. The smallest absolute Gasteiger partial charge is 0.280 e. The quantitative estimate of drug-likeness (QED) is 0.683. The third-order valence-electron chi connectivity index (χ3n) is 4.01. The molecule has 26 heavy (non-hydrogen) atoms. The van der Waals surface area contributed by atoms with Gasteiger partial charge in [0, 0.05) is 23.7 Å². The summed E-state index contributed by atoms with van der Waals surface area (Å²) in [5.74, 6) is -2.82. The van der Waals surface area contributed by atoms with Crippen LogP contribution in [0.25, 0.3) is 0 Å². The van der Waals surface area contributed by atoms with Crippen molar-refractivity contribution in [3.8, 4) is 0 Å². The van der Waals surface area contributed by atoms with Crippen molar-refractivity contribution in [1.29, 1.82) is 0 Å². The molecule has 0 radical (unpaired) electrons. The molecule has 0 saturated carbocycles. The van der Waals surface area contributed by atoms with E-state index in [4.69, 9.17) is 0 Å². The summed E-state index contributed by atoms with van der Waals surface area (Å²) in [5.41, 5.74) is 0.0257. The second kappa shape index (κ2) is 7.31. The fraction of sp³-hybridized carbons (Fsp3) is 0.267. The summed E-state index contributed by atoms with van der Waals surface area (Å²) in [6, 6.07) is 4.09. The van der Waals surface area contributed by atoms with Crippen LogP contribution in [0.2, 0.25) is 0 Å². The van der Waals surface area contributed by atoms with Crippen LogP contribution in [0.15, 0.2) is 34.1 Å². The average Bonchev–Trinajstić information content (AvgIpc) is 3.09. The van der Waals surface area contributed by atoms with E-state index in [2.05, 4.69) is 26.0 Å². The zero-order chi connectivity index (χ0) is 19.1. The number of halogens is 3. The van der Waals surface area contributed by atoms with Gasteiger partial charge in [-0.25, -0.2) is 8.78 Å². The predicted octanol–water partition coefficient (Wildman–Crippen LogP) is 3.01. The Morgan fingerprint density at radius 3 is 2.77 bits per heavy atom. The van der Waals surface area contributed by atoms with Gasteiger partial charge in [0.2, 0.25) is 5.91 Å². The Bertz CT molecular complexity index is 915. The topological polar surface area (TPSA) is 78.5 Å².